The number of likely N-dealkylation sites (tertiary alicyclic amines) is 1. The fourth-order valence-electron chi connectivity index (χ4n) is 3.90. The summed E-state index contributed by atoms with van der Waals surface area (Å²) in [7, 11) is -1.20. The Balaban J connectivity index is 1.49. The zero-order chi connectivity index (χ0) is 20.7. The number of aliphatic imine (C=N–C) groups is 1. The number of piperazine rings is 1. The van der Waals surface area contributed by atoms with Gasteiger partial charge in [-0.25, -0.2) is 8.42 Å². The molecule has 0 radical (unpaired) electrons. The first-order valence-corrected chi connectivity index (χ1v) is 12.2. The SMILES string of the molecule is CCNC(=NCCC1CCN(C)CC1)N1CCN(S(=O)(=O)Cc2ccon2)CC1. The minimum Gasteiger partial charge on any atom is -0.364 e. The number of piperidine rings is 1. The van der Waals surface area contributed by atoms with Gasteiger partial charge in [0.05, 0.1) is 5.69 Å². The van der Waals surface area contributed by atoms with E-state index in [1.807, 2.05) is 0 Å². The normalized spacial score (nSPS) is 20.9. The molecule has 0 bridgehead atoms. The van der Waals surface area contributed by atoms with Crippen LogP contribution in [-0.4, -0.2) is 93.0 Å². The number of aromatic nitrogens is 1. The van der Waals surface area contributed by atoms with E-state index in [4.69, 9.17) is 9.52 Å². The molecule has 3 rings (SSSR count). The summed E-state index contributed by atoms with van der Waals surface area (Å²) in [6.07, 6.45) is 5.03. The van der Waals surface area contributed by atoms with Crippen molar-refractivity contribution in [2.75, 3.05) is 59.4 Å². The number of hydrogen-bond acceptors (Lipinski definition) is 6. The van der Waals surface area contributed by atoms with Crippen molar-refractivity contribution in [2.45, 2.75) is 31.9 Å². The molecule has 2 fully saturated rings. The molecule has 164 valence electrons. The third-order valence-corrected chi connectivity index (χ3v) is 7.54. The Kier molecular flexibility index (Phi) is 7.91. The van der Waals surface area contributed by atoms with Crippen molar-refractivity contribution in [3.05, 3.63) is 18.0 Å². The topological polar surface area (TPSA) is 94.3 Å². The lowest BCUT2D eigenvalue weighted by Gasteiger charge is -2.36. The minimum atomic E-state index is -3.38. The van der Waals surface area contributed by atoms with Crippen LogP contribution in [0.25, 0.3) is 0 Å². The number of hydrogen-bond donors (Lipinski definition) is 1. The molecule has 2 saturated heterocycles. The summed E-state index contributed by atoms with van der Waals surface area (Å²) in [5.74, 6) is 1.54. The van der Waals surface area contributed by atoms with Crippen LogP contribution in [0.3, 0.4) is 0 Å². The van der Waals surface area contributed by atoms with Crippen LogP contribution < -0.4 is 5.32 Å². The van der Waals surface area contributed by atoms with Gasteiger partial charge in [-0.05, 0) is 52.2 Å². The van der Waals surface area contributed by atoms with Gasteiger partial charge in [-0.15, -0.1) is 0 Å². The van der Waals surface area contributed by atoms with Crippen LogP contribution in [0.2, 0.25) is 0 Å². The fraction of sp³-hybridized carbons (Fsp3) is 0.789. The molecule has 1 N–H and O–H groups in total. The van der Waals surface area contributed by atoms with Crippen LogP contribution >= 0.6 is 0 Å². The van der Waals surface area contributed by atoms with Crippen molar-refractivity contribution in [3.8, 4) is 0 Å². The highest BCUT2D eigenvalue weighted by atomic mass is 32.2. The van der Waals surface area contributed by atoms with E-state index >= 15 is 0 Å². The van der Waals surface area contributed by atoms with Crippen molar-refractivity contribution in [1.29, 1.82) is 0 Å². The molecule has 0 atom stereocenters. The van der Waals surface area contributed by atoms with Crippen molar-refractivity contribution in [3.63, 3.8) is 0 Å². The molecule has 3 heterocycles. The highest BCUT2D eigenvalue weighted by Crippen LogP contribution is 2.19. The summed E-state index contributed by atoms with van der Waals surface area (Å²) < 4.78 is 31.5. The molecule has 2 aliphatic rings. The van der Waals surface area contributed by atoms with E-state index < -0.39 is 10.0 Å². The Morgan fingerprint density at radius 3 is 2.59 bits per heavy atom. The van der Waals surface area contributed by atoms with Crippen molar-refractivity contribution in [2.24, 2.45) is 10.9 Å². The van der Waals surface area contributed by atoms with E-state index in [1.165, 1.54) is 32.2 Å². The molecule has 0 amide bonds. The zero-order valence-corrected chi connectivity index (χ0v) is 18.4. The summed E-state index contributed by atoms with van der Waals surface area (Å²) in [6, 6.07) is 1.59. The van der Waals surface area contributed by atoms with Gasteiger partial charge < -0.3 is 19.6 Å². The van der Waals surface area contributed by atoms with Crippen LogP contribution in [0.5, 0.6) is 0 Å². The monoisotopic (exact) mass is 426 g/mol. The maximum atomic E-state index is 12.6. The van der Waals surface area contributed by atoms with Gasteiger partial charge in [0, 0.05) is 45.3 Å². The minimum absolute atomic E-state index is 0.117. The molecule has 1 aromatic heterocycles. The molecule has 0 aliphatic carbocycles. The standard InChI is InChI=1S/C19H34N6O3S/c1-3-20-19(21-8-4-17-5-9-23(2)10-6-17)24-11-13-25(14-12-24)29(26,27)16-18-7-15-28-22-18/h7,15,17H,3-6,8-14,16H2,1-2H3,(H,20,21). The molecule has 10 heteroatoms. The Bertz CT molecular complexity index is 736. The predicted molar refractivity (Wildman–Crippen MR) is 113 cm³/mol. The zero-order valence-electron chi connectivity index (χ0n) is 17.6. The fourth-order valence-corrected chi connectivity index (χ4v) is 5.32. The van der Waals surface area contributed by atoms with Crippen LogP contribution in [-0.2, 0) is 15.8 Å². The Morgan fingerprint density at radius 2 is 1.97 bits per heavy atom. The summed E-state index contributed by atoms with van der Waals surface area (Å²) in [6.45, 7) is 8.23. The van der Waals surface area contributed by atoms with E-state index in [0.717, 1.165) is 31.4 Å². The van der Waals surface area contributed by atoms with Gasteiger partial charge in [0.25, 0.3) is 0 Å². The second-order valence-electron chi connectivity index (χ2n) is 7.90. The first-order valence-electron chi connectivity index (χ1n) is 10.6. The number of nitrogens with one attached hydrogen (secondary N) is 1. The van der Waals surface area contributed by atoms with E-state index in [2.05, 4.69) is 34.2 Å². The van der Waals surface area contributed by atoms with E-state index in [0.29, 0.717) is 31.9 Å². The maximum absolute atomic E-state index is 12.6. The predicted octanol–water partition coefficient (Wildman–Crippen LogP) is 0.819. The average Bonchev–Trinajstić information content (AvgIpc) is 3.21. The average molecular weight is 427 g/mol. The largest absolute Gasteiger partial charge is 0.364 e. The summed E-state index contributed by atoms with van der Waals surface area (Å²) in [4.78, 5) is 9.38. The highest BCUT2D eigenvalue weighted by molar-refractivity contribution is 7.88. The summed E-state index contributed by atoms with van der Waals surface area (Å²) in [5.41, 5.74) is 0.441. The Hall–Kier alpha value is -1.65. The Morgan fingerprint density at radius 1 is 1.24 bits per heavy atom. The van der Waals surface area contributed by atoms with Gasteiger partial charge in [-0.1, -0.05) is 5.16 Å². The molecule has 0 saturated carbocycles. The summed E-state index contributed by atoms with van der Waals surface area (Å²) >= 11 is 0. The molecule has 0 aromatic carbocycles. The van der Waals surface area contributed by atoms with Gasteiger partial charge in [-0.3, -0.25) is 4.99 Å². The molecule has 1 aromatic rings. The quantitative estimate of drug-likeness (QED) is 0.509. The second-order valence-corrected chi connectivity index (χ2v) is 9.87. The van der Waals surface area contributed by atoms with E-state index in [-0.39, 0.29) is 5.75 Å². The molecule has 29 heavy (non-hydrogen) atoms. The van der Waals surface area contributed by atoms with Crippen LogP contribution in [0.15, 0.2) is 21.8 Å². The van der Waals surface area contributed by atoms with E-state index in [9.17, 15) is 8.42 Å². The smallest absolute Gasteiger partial charge is 0.220 e. The van der Waals surface area contributed by atoms with Gasteiger partial charge in [-0.2, -0.15) is 4.31 Å². The van der Waals surface area contributed by atoms with E-state index in [1.54, 1.807) is 10.4 Å². The lowest BCUT2D eigenvalue weighted by atomic mass is 9.94. The maximum Gasteiger partial charge on any atom is 0.220 e. The summed E-state index contributed by atoms with van der Waals surface area (Å²) in [5, 5.41) is 7.08. The van der Waals surface area contributed by atoms with Crippen LogP contribution in [0.4, 0.5) is 0 Å². The van der Waals surface area contributed by atoms with Gasteiger partial charge in [0.2, 0.25) is 10.0 Å². The van der Waals surface area contributed by atoms with Crippen LogP contribution in [0, 0.1) is 5.92 Å². The first kappa shape index (κ1) is 22.0. The lowest BCUT2D eigenvalue weighted by Crippen LogP contribution is -2.54. The van der Waals surface area contributed by atoms with Gasteiger partial charge in [0.15, 0.2) is 5.96 Å². The van der Waals surface area contributed by atoms with Crippen LogP contribution in [0.1, 0.15) is 31.9 Å². The van der Waals surface area contributed by atoms with Crippen molar-refractivity contribution < 1.29 is 12.9 Å². The number of nitrogens with zero attached hydrogens (tertiary/aromatic N) is 5. The second kappa shape index (κ2) is 10.4. The Labute approximate surface area is 174 Å². The highest BCUT2D eigenvalue weighted by Gasteiger charge is 2.29. The lowest BCUT2D eigenvalue weighted by molar-refractivity contribution is 0.214. The van der Waals surface area contributed by atoms with Gasteiger partial charge >= 0.3 is 0 Å². The van der Waals surface area contributed by atoms with Crippen molar-refractivity contribution >= 4 is 16.0 Å². The molecule has 9 nitrogen and oxygen atoms in total. The first-order chi connectivity index (χ1) is 14.0. The molecule has 0 unspecified atom stereocenters. The molecule has 2 aliphatic heterocycles. The van der Waals surface area contributed by atoms with Gasteiger partial charge in [0.1, 0.15) is 12.0 Å². The number of sulfonamides is 1. The molecular weight excluding hydrogens is 392 g/mol. The third-order valence-electron chi connectivity index (χ3n) is 5.73. The van der Waals surface area contributed by atoms with Crippen molar-refractivity contribution in [1.82, 2.24) is 24.6 Å². The number of guanidine groups is 1. The molecule has 0 spiro atoms. The molecular formula is C19H34N6O3S. The number of rotatable bonds is 7. The third kappa shape index (κ3) is 6.42.